The molecule has 0 aliphatic rings. The van der Waals surface area contributed by atoms with Gasteiger partial charge >= 0.3 is 7.69 Å². The maximum absolute atomic E-state index is 8.51. The van der Waals surface area contributed by atoms with Gasteiger partial charge in [0.15, 0.2) is 5.06 Å². The van der Waals surface area contributed by atoms with Crippen molar-refractivity contribution in [1.29, 1.82) is 0 Å². The normalized spacial score (nSPS) is 10.3. The van der Waals surface area contributed by atoms with E-state index in [1.807, 2.05) is 6.07 Å². The molecule has 1 radical (unpaired) electrons. The van der Waals surface area contributed by atoms with E-state index in [2.05, 4.69) is 22.9 Å². The molecule has 0 aliphatic heterocycles. The summed E-state index contributed by atoms with van der Waals surface area (Å²) >= 11 is 5.01. The van der Waals surface area contributed by atoms with Gasteiger partial charge in [-0.1, -0.05) is 37.5 Å². The SMILES string of the molecule is CCCCCCc1cc(O[B]O)sc1Br. The summed E-state index contributed by atoms with van der Waals surface area (Å²) in [6.45, 7) is 2.21. The molecule has 5 heteroatoms. The number of hydrogen-bond acceptors (Lipinski definition) is 3. The zero-order valence-corrected chi connectivity index (χ0v) is 11.2. The van der Waals surface area contributed by atoms with Crippen LogP contribution in [0.25, 0.3) is 0 Å². The Morgan fingerprint density at radius 2 is 2.27 bits per heavy atom. The molecule has 1 N–H and O–H groups in total. The molecule has 0 saturated heterocycles. The van der Waals surface area contributed by atoms with Crippen LogP contribution in [0.1, 0.15) is 38.2 Å². The lowest BCUT2D eigenvalue weighted by Gasteiger charge is -1.98. The Balaban J connectivity index is 2.39. The van der Waals surface area contributed by atoms with E-state index in [1.165, 1.54) is 42.6 Å². The highest BCUT2D eigenvalue weighted by atomic mass is 79.9. The second-order valence-electron chi connectivity index (χ2n) is 3.40. The fourth-order valence-electron chi connectivity index (χ4n) is 1.41. The Morgan fingerprint density at radius 1 is 1.47 bits per heavy atom. The standard InChI is InChI=1S/C10H15BBrO2S/c1-2-3-4-5-6-8-7-9(14-11-13)15-10(8)12/h7,13H,2-6H2,1H3. The maximum Gasteiger partial charge on any atom is 0.569 e. The average molecular weight is 290 g/mol. The van der Waals surface area contributed by atoms with Gasteiger partial charge in [-0.3, -0.25) is 0 Å². The Bertz CT molecular complexity index is 291. The summed E-state index contributed by atoms with van der Waals surface area (Å²) < 4.78 is 6.02. The molecule has 0 amide bonds. The zero-order chi connectivity index (χ0) is 11.1. The van der Waals surface area contributed by atoms with Crippen LogP contribution in [0, 0.1) is 0 Å². The molecule has 83 valence electrons. The van der Waals surface area contributed by atoms with Gasteiger partial charge in [0.05, 0.1) is 3.79 Å². The van der Waals surface area contributed by atoms with Gasteiger partial charge in [-0.25, -0.2) is 0 Å². The van der Waals surface area contributed by atoms with Crippen molar-refractivity contribution in [2.75, 3.05) is 0 Å². The van der Waals surface area contributed by atoms with Crippen molar-refractivity contribution in [3.05, 3.63) is 15.4 Å². The lowest BCUT2D eigenvalue weighted by atomic mass is 10.1. The van der Waals surface area contributed by atoms with E-state index in [-0.39, 0.29) is 0 Å². The Labute approximate surface area is 104 Å². The first-order valence-corrected chi connectivity index (χ1v) is 6.79. The van der Waals surface area contributed by atoms with Crippen LogP contribution in [0.2, 0.25) is 0 Å². The molecule has 0 atom stereocenters. The number of hydrogen-bond donors (Lipinski definition) is 1. The second-order valence-corrected chi connectivity index (χ2v) is 5.73. The Morgan fingerprint density at radius 3 is 2.93 bits per heavy atom. The van der Waals surface area contributed by atoms with Crippen molar-refractivity contribution in [3.8, 4) is 5.06 Å². The lowest BCUT2D eigenvalue weighted by molar-refractivity contribution is 0.460. The van der Waals surface area contributed by atoms with Crippen molar-refractivity contribution in [2.24, 2.45) is 0 Å². The minimum Gasteiger partial charge on any atom is -0.530 e. The topological polar surface area (TPSA) is 29.5 Å². The molecule has 1 aromatic rings. The molecule has 0 bridgehead atoms. The highest BCUT2D eigenvalue weighted by molar-refractivity contribution is 9.11. The predicted octanol–water partition coefficient (Wildman–Crippen LogP) is 3.54. The monoisotopic (exact) mass is 289 g/mol. The van der Waals surface area contributed by atoms with Gasteiger partial charge in [0.1, 0.15) is 0 Å². The molecular formula is C10H15BBrO2S. The number of rotatable bonds is 7. The molecular weight excluding hydrogens is 275 g/mol. The summed E-state index contributed by atoms with van der Waals surface area (Å²) in [5.41, 5.74) is 1.27. The predicted molar refractivity (Wildman–Crippen MR) is 68.5 cm³/mol. The first kappa shape index (κ1) is 13.1. The summed E-state index contributed by atoms with van der Waals surface area (Å²) in [6, 6.07) is 1.98. The summed E-state index contributed by atoms with van der Waals surface area (Å²) in [5, 5.41) is 9.24. The zero-order valence-electron chi connectivity index (χ0n) is 8.83. The van der Waals surface area contributed by atoms with E-state index in [0.29, 0.717) is 0 Å². The van der Waals surface area contributed by atoms with E-state index in [1.54, 1.807) is 0 Å². The molecule has 0 fully saturated rings. The van der Waals surface area contributed by atoms with Crippen LogP contribution in [-0.4, -0.2) is 12.7 Å². The number of unbranched alkanes of at least 4 members (excludes halogenated alkanes) is 3. The maximum atomic E-state index is 8.51. The molecule has 0 spiro atoms. The Hall–Kier alpha value is 0.00494. The third-order valence-corrected chi connectivity index (χ3v) is 4.05. The van der Waals surface area contributed by atoms with Crippen molar-refractivity contribution in [3.63, 3.8) is 0 Å². The lowest BCUT2D eigenvalue weighted by Crippen LogP contribution is -1.97. The minimum absolute atomic E-state index is 0.721. The molecule has 0 unspecified atom stereocenters. The number of thiophene rings is 1. The largest absolute Gasteiger partial charge is 0.569 e. The molecule has 2 nitrogen and oxygen atoms in total. The smallest absolute Gasteiger partial charge is 0.530 e. The van der Waals surface area contributed by atoms with Gasteiger partial charge in [0.2, 0.25) is 0 Å². The van der Waals surface area contributed by atoms with Crippen LogP contribution in [0.4, 0.5) is 0 Å². The quantitative estimate of drug-likeness (QED) is 0.615. The third kappa shape index (κ3) is 4.57. The van der Waals surface area contributed by atoms with Crippen molar-refractivity contribution in [1.82, 2.24) is 0 Å². The fourth-order valence-corrected chi connectivity index (χ4v) is 2.96. The van der Waals surface area contributed by atoms with Gasteiger partial charge in [-0.15, -0.1) is 0 Å². The molecule has 0 aromatic carbocycles. The first-order chi connectivity index (χ1) is 7.27. The van der Waals surface area contributed by atoms with Crippen molar-refractivity contribution >= 4 is 35.0 Å². The van der Waals surface area contributed by atoms with E-state index in [9.17, 15) is 0 Å². The molecule has 1 rings (SSSR count). The van der Waals surface area contributed by atoms with Gasteiger partial charge in [0.25, 0.3) is 0 Å². The van der Waals surface area contributed by atoms with Crippen LogP contribution >= 0.6 is 27.3 Å². The second kappa shape index (κ2) is 7.31. The fraction of sp³-hybridized carbons (Fsp3) is 0.600. The summed E-state index contributed by atoms with van der Waals surface area (Å²) in [4.78, 5) is 0. The van der Waals surface area contributed by atoms with Crippen LogP contribution in [0.3, 0.4) is 0 Å². The minimum atomic E-state index is 0.721. The van der Waals surface area contributed by atoms with E-state index in [4.69, 9.17) is 9.68 Å². The van der Waals surface area contributed by atoms with E-state index < -0.39 is 0 Å². The summed E-state index contributed by atoms with van der Waals surface area (Å²) in [7, 11) is 0.721. The van der Waals surface area contributed by atoms with E-state index in [0.717, 1.165) is 23.0 Å². The molecule has 15 heavy (non-hydrogen) atoms. The van der Waals surface area contributed by atoms with Gasteiger partial charge in [-0.05, 0) is 40.4 Å². The van der Waals surface area contributed by atoms with Crippen LogP contribution in [-0.2, 0) is 6.42 Å². The molecule has 1 aromatic heterocycles. The summed E-state index contributed by atoms with van der Waals surface area (Å²) in [5.74, 6) is 0. The van der Waals surface area contributed by atoms with Gasteiger partial charge in [-0.2, -0.15) is 0 Å². The average Bonchev–Trinajstić information content (AvgIpc) is 2.55. The van der Waals surface area contributed by atoms with Gasteiger partial charge < -0.3 is 9.68 Å². The number of halogens is 1. The van der Waals surface area contributed by atoms with Crippen molar-refractivity contribution in [2.45, 2.75) is 39.0 Å². The van der Waals surface area contributed by atoms with Gasteiger partial charge in [0, 0.05) is 0 Å². The van der Waals surface area contributed by atoms with Crippen LogP contribution in [0.15, 0.2) is 9.85 Å². The third-order valence-electron chi connectivity index (χ3n) is 2.20. The molecule has 1 heterocycles. The Kier molecular flexibility index (Phi) is 6.37. The summed E-state index contributed by atoms with van der Waals surface area (Å²) in [6.07, 6.45) is 6.13. The highest BCUT2D eigenvalue weighted by Gasteiger charge is 2.07. The van der Waals surface area contributed by atoms with Crippen LogP contribution in [0.5, 0.6) is 5.06 Å². The number of aryl methyl sites for hydroxylation is 1. The first-order valence-electron chi connectivity index (χ1n) is 5.18. The highest BCUT2D eigenvalue weighted by Crippen LogP contribution is 2.34. The molecule has 0 saturated carbocycles. The van der Waals surface area contributed by atoms with Crippen molar-refractivity contribution < 1.29 is 9.68 Å². The molecule has 0 aliphatic carbocycles. The van der Waals surface area contributed by atoms with E-state index >= 15 is 0 Å². The van der Waals surface area contributed by atoms with Crippen LogP contribution < -0.4 is 4.65 Å².